The summed E-state index contributed by atoms with van der Waals surface area (Å²) in [7, 11) is 0. The van der Waals surface area contributed by atoms with Crippen molar-refractivity contribution in [2.45, 2.75) is 25.9 Å². The minimum absolute atomic E-state index is 0.0218. The summed E-state index contributed by atoms with van der Waals surface area (Å²) in [4.78, 5) is 12.2. The second-order valence-electron chi connectivity index (χ2n) is 4.78. The summed E-state index contributed by atoms with van der Waals surface area (Å²) < 4.78 is 5.42. The molecule has 1 saturated heterocycles. The second kappa shape index (κ2) is 7.09. The minimum Gasteiger partial charge on any atom is -0.395 e. The highest BCUT2D eigenvalue weighted by Crippen LogP contribution is 2.23. The maximum absolute atomic E-state index is 12.2. The van der Waals surface area contributed by atoms with Gasteiger partial charge in [0.15, 0.2) is 0 Å². The highest BCUT2D eigenvalue weighted by molar-refractivity contribution is 5.94. The van der Waals surface area contributed by atoms with Crippen molar-refractivity contribution in [3.05, 3.63) is 29.8 Å². The van der Waals surface area contributed by atoms with E-state index in [0.717, 1.165) is 12.0 Å². The molecule has 2 rings (SSSR count). The molecule has 1 aromatic rings. The fourth-order valence-corrected chi connectivity index (χ4v) is 2.22. The van der Waals surface area contributed by atoms with Gasteiger partial charge in [0.05, 0.1) is 24.3 Å². The number of anilines is 1. The van der Waals surface area contributed by atoms with Gasteiger partial charge in [-0.25, -0.2) is 0 Å². The molecule has 1 fully saturated rings. The summed E-state index contributed by atoms with van der Waals surface area (Å²) in [5.41, 5.74) is 1.47. The normalized spacial score (nSPS) is 21.1. The van der Waals surface area contributed by atoms with Gasteiger partial charge in [0.2, 0.25) is 5.91 Å². The van der Waals surface area contributed by atoms with Gasteiger partial charge in [-0.1, -0.05) is 24.0 Å². The number of para-hydroxylation sites is 1. The lowest BCUT2D eigenvalue weighted by Crippen LogP contribution is -2.28. The summed E-state index contributed by atoms with van der Waals surface area (Å²) in [6.07, 6.45) is 1.14. The summed E-state index contributed by atoms with van der Waals surface area (Å²) in [5, 5.41) is 11.7. The summed E-state index contributed by atoms with van der Waals surface area (Å²) >= 11 is 0. The highest BCUT2D eigenvalue weighted by Gasteiger charge is 2.30. The van der Waals surface area contributed by atoms with Crippen LogP contribution in [0.2, 0.25) is 0 Å². The molecule has 4 heteroatoms. The van der Waals surface area contributed by atoms with Crippen LogP contribution in [0.15, 0.2) is 24.3 Å². The Morgan fingerprint density at radius 1 is 1.50 bits per heavy atom. The summed E-state index contributed by atoms with van der Waals surface area (Å²) in [6.45, 7) is 2.60. The molecule has 2 N–H and O–H groups in total. The number of nitrogens with one attached hydrogen (secondary N) is 1. The smallest absolute Gasteiger partial charge is 0.230 e. The zero-order valence-corrected chi connectivity index (χ0v) is 11.6. The number of hydrogen-bond donors (Lipinski definition) is 2. The third kappa shape index (κ3) is 3.60. The van der Waals surface area contributed by atoms with E-state index in [0.29, 0.717) is 18.7 Å². The van der Waals surface area contributed by atoms with Crippen LogP contribution in [0.5, 0.6) is 0 Å². The Morgan fingerprint density at radius 3 is 3.00 bits per heavy atom. The number of amides is 1. The molecule has 0 aromatic heterocycles. The van der Waals surface area contributed by atoms with Crippen molar-refractivity contribution in [3.63, 3.8) is 0 Å². The van der Waals surface area contributed by atoms with Gasteiger partial charge in [-0.2, -0.15) is 0 Å². The lowest BCUT2D eigenvalue weighted by molar-refractivity contribution is -0.121. The van der Waals surface area contributed by atoms with E-state index >= 15 is 0 Å². The molecule has 0 aliphatic carbocycles. The van der Waals surface area contributed by atoms with Crippen molar-refractivity contribution in [3.8, 4) is 11.8 Å². The largest absolute Gasteiger partial charge is 0.395 e. The van der Waals surface area contributed by atoms with Gasteiger partial charge in [0, 0.05) is 18.6 Å². The first kappa shape index (κ1) is 14.6. The molecule has 1 aliphatic rings. The van der Waals surface area contributed by atoms with Crippen LogP contribution in [0.3, 0.4) is 0 Å². The monoisotopic (exact) mass is 273 g/mol. The fourth-order valence-electron chi connectivity index (χ4n) is 2.22. The Hall–Kier alpha value is -1.83. The summed E-state index contributed by atoms with van der Waals surface area (Å²) in [6, 6.07) is 7.43. The van der Waals surface area contributed by atoms with E-state index < -0.39 is 0 Å². The van der Waals surface area contributed by atoms with Crippen molar-refractivity contribution in [2.24, 2.45) is 5.92 Å². The first-order valence-corrected chi connectivity index (χ1v) is 6.83. The molecule has 0 spiro atoms. The van der Waals surface area contributed by atoms with E-state index in [1.807, 2.05) is 31.2 Å². The molecule has 1 aliphatic heterocycles. The fraction of sp³-hybridized carbons (Fsp3) is 0.438. The number of carbonyl (C=O) groups excluding carboxylic acids is 1. The van der Waals surface area contributed by atoms with Crippen molar-refractivity contribution >= 4 is 11.6 Å². The average molecular weight is 273 g/mol. The van der Waals surface area contributed by atoms with Crippen LogP contribution in [0.4, 0.5) is 5.69 Å². The van der Waals surface area contributed by atoms with Crippen LogP contribution in [-0.2, 0) is 9.53 Å². The molecule has 0 radical (unpaired) electrons. The molecule has 0 saturated carbocycles. The molecule has 1 heterocycles. The van der Waals surface area contributed by atoms with Crippen LogP contribution in [0.25, 0.3) is 0 Å². The Kier molecular flexibility index (Phi) is 5.16. The first-order valence-electron chi connectivity index (χ1n) is 6.83. The Morgan fingerprint density at radius 2 is 2.30 bits per heavy atom. The predicted molar refractivity (Wildman–Crippen MR) is 77.2 cm³/mol. The molecule has 20 heavy (non-hydrogen) atoms. The highest BCUT2D eigenvalue weighted by atomic mass is 16.5. The number of aliphatic hydroxyl groups is 1. The molecule has 4 nitrogen and oxygen atoms in total. The lowest BCUT2D eigenvalue weighted by atomic mass is 10.0. The molecule has 2 unspecified atom stereocenters. The van der Waals surface area contributed by atoms with Gasteiger partial charge in [0.1, 0.15) is 0 Å². The van der Waals surface area contributed by atoms with E-state index in [9.17, 15) is 4.79 Å². The molecule has 1 aromatic carbocycles. The number of carbonyl (C=O) groups is 1. The lowest BCUT2D eigenvalue weighted by Gasteiger charge is -2.14. The van der Waals surface area contributed by atoms with Crippen LogP contribution in [0, 0.1) is 17.8 Å². The molecule has 106 valence electrons. The predicted octanol–water partition coefficient (Wildman–Crippen LogP) is 1.78. The van der Waals surface area contributed by atoms with E-state index in [1.54, 1.807) is 0 Å². The zero-order valence-electron chi connectivity index (χ0n) is 11.6. The van der Waals surface area contributed by atoms with E-state index in [2.05, 4.69) is 17.2 Å². The SMILES string of the molecule is CC1OCCC1C(=O)Nc1ccccc1C#CCCO. The number of rotatable bonds is 3. The zero-order chi connectivity index (χ0) is 14.4. The topological polar surface area (TPSA) is 58.6 Å². The third-order valence-corrected chi connectivity index (χ3v) is 3.36. The van der Waals surface area contributed by atoms with Crippen LogP contribution in [-0.4, -0.2) is 30.3 Å². The van der Waals surface area contributed by atoms with Gasteiger partial charge in [-0.05, 0) is 25.5 Å². The van der Waals surface area contributed by atoms with Gasteiger partial charge < -0.3 is 15.2 Å². The van der Waals surface area contributed by atoms with E-state index in [4.69, 9.17) is 9.84 Å². The van der Waals surface area contributed by atoms with E-state index in [1.165, 1.54) is 0 Å². The van der Waals surface area contributed by atoms with Crippen molar-refractivity contribution in [1.82, 2.24) is 0 Å². The van der Waals surface area contributed by atoms with Crippen LogP contribution in [0.1, 0.15) is 25.3 Å². The summed E-state index contributed by atoms with van der Waals surface area (Å²) in [5.74, 6) is 5.71. The average Bonchev–Trinajstić information content (AvgIpc) is 2.87. The first-order chi connectivity index (χ1) is 9.72. The number of hydrogen-bond acceptors (Lipinski definition) is 3. The van der Waals surface area contributed by atoms with Gasteiger partial charge in [-0.3, -0.25) is 4.79 Å². The number of benzene rings is 1. The quantitative estimate of drug-likeness (QED) is 0.825. The maximum Gasteiger partial charge on any atom is 0.230 e. The Bertz CT molecular complexity index is 530. The van der Waals surface area contributed by atoms with Gasteiger partial charge in [0.25, 0.3) is 0 Å². The van der Waals surface area contributed by atoms with Crippen molar-refractivity contribution < 1.29 is 14.6 Å². The van der Waals surface area contributed by atoms with Crippen molar-refractivity contribution in [2.75, 3.05) is 18.5 Å². The molecular weight excluding hydrogens is 254 g/mol. The van der Waals surface area contributed by atoms with Crippen molar-refractivity contribution in [1.29, 1.82) is 0 Å². The Labute approximate surface area is 119 Å². The molecule has 0 bridgehead atoms. The van der Waals surface area contributed by atoms with Gasteiger partial charge >= 0.3 is 0 Å². The Balaban J connectivity index is 2.09. The van der Waals surface area contributed by atoms with Crippen LogP contribution >= 0.6 is 0 Å². The minimum atomic E-state index is -0.103. The maximum atomic E-state index is 12.2. The molecule has 2 atom stereocenters. The second-order valence-corrected chi connectivity index (χ2v) is 4.78. The number of aliphatic hydroxyl groups excluding tert-OH is 1. The van der Waals surface area contributed by atoms with E-state index in [-0.39, 0.29) is 24.5 Å². The molecular formula is C16H19NO3. The third-order valence-electron chi connectivity index (χ3n) is 3.36. The van der Waals surface area contributed by atoms with Crippen LogP contribution < -0.4 is 5.32 Å². The number of ether oxygens (including phenoxy) is 1. The van der Waals surface area contributed by atoms with Gasteiger partial charge in [-0.15, -0.1) is 0 Å². The standard InChI is InChI=1S/C16H19NO3/c1-12-14(9-11-20-12)16(19)17-15-8-3-2-6-13(15)7-4-5-10-18/h2-3,6,8,12,14,18H,5,9-11H2,1H3,(H,17,19). The molecule has 1 amide bonds.